The molecule has 30 heavy (non-hydrogen) atoms. The third kappa shape index (κ3) is 4.50. The number of fused-ring (bicyclic) bond motifs is 1. The maximum absolute atomic E-state index is 12.1. The van der Waals surface area contributed by atoms with Crippen LogP contribution in [0.3, 0.4) is 0 Å². The van der Waals surface area contributed by atoms with E-state index in [9.17, 15) is 4.79 Å². The largest absolute Gasteiger partial charge is 0.497 e. The van der Waals surface area contributed by atoms with Crippen LogP contribution in [0.1, 0.15) is 30.0 Å². The molecule has 6 nitrogen and oxygen atoms in total. The Labute approximate surface area is 176 Å². The van der Waals surface area contributed by atoms with Gasteiger partial charge in [-0.2, -0.15) is 0 Å². The molecule has 0 bridgehead atoms. The first-order valence-corrected chi connectivity index (χ1v) is 10.6. The molecule has 0 saturated carbocycles. The zero-order valence-corrected chi connectivity index (χ0v) is 17.6. The zero-order chi connectivity index (χ0) is 20.9. The molecule has 0 aliphatic carbocycles. The summed E-state index contributed by atoms with van der Waals surface area (Å²) in [6, 6.07) is 16.1. The number of likely N-dealkylation sites (tertiary alicyclic amines) is 1. The molecule has 6 heteroatoms. The number of nitrogens with two attached hydrogens (primary N) is 1. The maximum atomic E-state index is 12.1. The molecule has 0 amide bonds. The summed E-state index contributed by atoms with van der Waals surface area (Å²) in [6.45, 7) is 4.11. The van der Waals surface area contributed by atoms with Gasteiger partial charge in [0, 0.05) is 41.5 Å². The van der Waals surface area contributed by atoms with E-state index < -0.39 is 0 Å². The van der Waals surface area contributed by atoms with Gasteiger partial charge < -0.3 is 24.1 Å². The minimum absolute atomic E-state index is 0.323. The molecule has 1 atom stereocenters. The Balaban J connectivity index is 1.52. The molecule has 0 spiro atoms. The van der Waals surface area contributed by atoms with Gasteiger partial charge in [0.25, 0.3) is 0 Å². The second-order valence-corrected chi connectivity index (χ2v) is 7.87. The molecule has 158 valence electrons. The van der Waals surface area contributed by atoms with Gasteiger partial charge in [0.15, 0.2) is 6.04 Å². The highest BCUT2D eigenvalue weighted by Crippen LogP contribution is 2.22. The first kappa shape index (κ1) is 20.4. The summed E-state index contributed by atoms with van der Waals surface area (Å²) < 4.78 is 16.0. The molecule has 0 radical (unpaired) electrons. The van der Waals surface area contributed by atoms with Crippen LogP contribution in [0.2, 0.25) is 0 Å². The van der Waals surface area contributed by atoms with Crippen molar-refractivity contribution in [3.63, 3.8) is 0 Å². The molecule has 4 rings (SSSR count). The molecule has 1 fully saturated rings. The first-order chi connectivity index (χ1) is 14.7. The monoisotopic (exact) mass is 410 g/mol. The Morgan fingerprint density at radius 3 is 2.40 bits per heavy atom. The third-order valence-electron chi connectivity index (χ3n) is 6.06. The average Bonchev–Trinajstić information content (AvgIpc) is 3.30. The van der Waals surface area contributed by atoms with Crippen LogP contribution in [0.15, 0.2) is 57.7 Å². The minimum atomic E-state index is -0.323. The van der Waals surface area contributed by atoms with Crippen LogP contribution in [0, 0.1) is 0 Å². The molecule has 1 saturated heterocycles. The lowest BCUT2D eigenvalue weighted by Crippen LogP contribution is -3.13. The fraction of sp³-hybridized carbons (Fsp3) is 0.375. The molecule has 1 aromatic heterocycles. The van der Waals surface area contributed by atoms with Gasteiger partial charge >= 0.3 is 5.63 Å². The van der Waals surface area contributed by atoms with Crippen molar-refractivity contribution in [1.29, 1.82) is 0 Å². The molecule has 3 N–H and O–H groups in total. The number of hydrogen-bond donors (Lipinski definition) is 2. The van der Waals surface area contributed by atoms with Crippen molar-refractivity contribution < 1.29 is 24.1 Å². The van der Waals surface area contributed by atoms with Crippen molar-refractivity contribution in [3.8, 4) is 11.5 Å². The van der Waals surface area contributed by atoms with E-state index in [4.69, 9.17) is 13.9 Å². The highest BCUT2D eigenvalue weighted by Gasteiger charge is 2.28. The Morgan fingerprint density at radius 2 is 1.70 bits per heavy atom. The summed E-state index contributed by atoms with van der Waals surface area (Å²) in [7, 11) is 3.30. The summed E-state index contributed by atoms with van der Waals surface area (Å²) in [5.74, 6) is 1.57. The van der Waals surface area contributed by atoms with Crippen LogP contribution in [-0.2, 0) is 6.54 Å². The smallest absolute Gasteiger partial charge is 0.336 e. The molecule has 0 unspecified atom stereocenters. The quantitative estimate of drug-likeness (QED) is 0.549. The SMILES string of the molecule is COc1ccc([C@@H](C[NH2+]Cc2cc(=O)oc3cc(OC)ccc23)[NH+]2CCCC2)cc1. The Bertz CT molecular complexity index is 1040. The van der Waals surface area contributed by atoms with Crippen molar-refractivity contribution in [1.82, 2.24) is 0 Å². The van der Waals surface area contributed by atoms with Gasteiger partial charge in [0.05, 0.1) is 27.3 Å². The molecule has 2 heterocycles. The Hall–Kier alpha value is -2.83. The van der Waals surface area contributed by atoms with Crippen molar-refractivity contribution in [2.45, 2.75) is 25.4 Å². The van der Waals surface area contributed by atoms with E-state index >= 15 is 0 Å². The topological polar surface area (TPSA) is 69.7 Å². The number of ether oxygens (including phenoxy) is 2. The number of nitrogens with one attached hydrogen (secondary N) is 1. The predicted molar refractivity (Wildman–Crippen MR) is 115 cm³/mol. The molecule has 3 aromatic rings. The van der Waals surface area contributed by atoms with Gasteiger partial charge in [0.1, 0.15) is 30.2 Å². The standard InChI is InChI=1S/C24H28N2O4/c1-28-19-7-5-17(6-8-19)22(26-11-3-4-12-26)16-25-15-18-13-24(27)30-23-14-20(29-2)9-10-21(18)23/h5-10,13-14,22,25H,3-4,11-12,15-16H2,1-2H3/p+2/t22-/m1/s1. The minimum Gasteiger partial charge on any atom is -0.497 e. The van der Waals surface area contributed by atoms with E-state index in [1.165, 1.54) is 31.5 Å². The molecule has 2 aromatic carbocycles. The fourth-order valence-corrected chi connectivity index (χ4v) is 4.46. The van der Waals surface area contributed by atoms with Gasteiger partial charge in [-0.3, -0.25) is 0 Å². The van der Waals surface area contributed by atoms with E-state index in [-0.39, 0.29) is 5.63 Å². The Kier molecular flexibility index (Phi) is 6.35. The third-order valence-corrected chi connectivity index (χ3v) is 6.06. The van der Waals surface area contributed by atoms with E-state index in [0.29, 0.717) is 17.4 Å². The molecular formula is C24H30N2O4+2. The predicted octanol–water partition coefficient (Wildman–Crippen LogP) is 1.29. The lowest BCUT2D eigenvalue weighted by molar-refractivity contribution is -0.935. The summed E-state index contributed by atoms with van der Waals surface area (Å²) in [4.78, 5) is 13.7. The van der Waals surface area contributed by atoms with Crippen molar-refractivity contribution >= 4 is 11.0 Å². The lowest BCUT2D eigenvalue weighted by Gasteiger charge is -2.24. The fourth-order valence-electron chi connectivity index (χ4n) is 4.46. The second-order valence-electron chi connectivity index (χ2n) is 7.87. The number of rotatable bonds is 8. The van der Waals surface area contributed by atoms with Crippen LogP contribution in [0.5, 0.6) is 11.5 Å². The highest BCUT2D eigenvalue weighted by molar-refractivity contribution is 5.81. The van der Waals surface area contributed by atoms with Crippen LogP contribution < -0.4 is 25.3 Å². The van der Waals surface area contributed by atoms with Crippen molar-refractivity contribution in [3.05, 3.63) is 70.1 Å². The van der Waals surface area contributed by atoms with Crippen LogP contribution in [0.4, 0.5) is 0 Å². The first-order valence-electron chi connectivity index (χ1n) is 10.6. The maximum Gasteiger partial charge on any atom is 0.336 e. The summed E-state index contributed by atoms with van der Waals surface area (Å²) in [6.07, 6.45) is 2.57. The van der Waals surface area contributed by atoms with Crippen LogP contribution in [-0.4, -0.2) is 33.9 Å². The van der Waals surface area contributed by atoms with Crippen molar-refractivity contribution in [2.75, 3.05) is 33.9 Å². The van der Waals surface area contributed by atoms with Crippen molar-refractivity contribution in [2.24, 2.45) is 0 Å². The van der Waals surface area contributed by atoms with Gasteiger partial charge in [-0.1, -0.05) is 0 Å². The van der Waals surface area contributed by atoms with Gasteiger partial charge in [0.2, 0.25) is 0 Å². The zero-order valence-electron chi connectivity index (χ0n) is 17.6. The Morgan fingerprint density at radius 1 is 1.00 bits per heavy atom. The lowest BCUT2D eigenvalue weighted by atomic mass is 10.0. The molecule has 1 aliphatic rings. The van der Waals surface area contributed by atoms with Gasteiger partial charge in [-0.25, -0.2) is 4.79 Å². The van der Waals surface area contributed by atoms with Gasteiger partial charge in [-0.05, 0) is 36.4 Å². The normalized spacial score (nSPS) is 15.4. The summed E-state index contributed by atoms with van der Waals surface area (Å²) >= 11 is 0. The number of benzene rings is 2. The van der Waals surface area contributed by atoms with Crippen LogP contribution in [0.25, 0.3) is 11.0 Å². The van der Waals surface area contributed by atoms with E-state index in [0.717, 1.165) is 29.8 Å². The van der Waals surface area contributed by atoms with E-state index in [2.05, 4.69) is 17.4 Å². The highest BCUT2D eigenvalue weighted by atomic mass is 16.5. The van der Waals surface area contributed by atoms with Gasteiger partial charge in [-0.15, -0.1) is 0 Å². The van der Waals surface area contributed by atoms with Crippen LogP contribution >= 0.6 is 0 Å². The van der Waals surface area contributed by atoms with E-state index in [1.807, 2.05) is 24.3 Å². The molecular weight excluding hydrogens is 380 g/mol. The van der Waals surface area contributed by atoms with E-state index in [1.54, 1.807) is 31.3 Å². The number of hydrogen-bond acceptors (Lipinski definition) is 4. The average molecular weight is 411 g/mol. The molecule has 1 aliphatic heterocycles. The summed E-state index contributed by atoms with van der Waals surface area (Å²) in [5.41, 5.74) is 2.58. The number of methoxy groups -OCH3 is 2. The second kappa shape index (κ2) is 9.32. The summed E-state index contributed by atoms with van der Waals surface area (Å²) in [5, 5.41) is 3.26. The number of quaternary nitrogens is 2.